The minimum atomic E-state index is -0.746. The third-order valence-corrected chi connectivity index (χ3v) is 14.9. The van der Waals surface area contributed by atoms with Crippen molar-refractivity contribution in [2.45, 2.75) is 379 Å². The molecule has 0 rings (SSSR count). The second-order valence-corrected chi connectivity index (χ2v) is 21.7. The van der Waals surface area contributed by atoms with Crippen molar-refractivity contribution in [2.75, 3.05) is 6.61 Å². The fraction of sp³-hybridized carbons (Fsp3) is 0.984. The van der Waals surface area contributed by atoms with Crippen LogP contribution < -0.4 is 5.32 Å². The molecular weight excluding hydrogens is 811 g/mol. The molecule has 0 aliphatic carbocycles. The van der Waals surface area contributed by atoms with Gasteiger partial charge in [0, 0.05) is 0 Å². The average molecular weight is 935 g/mol. The number of aliphatic hydroxyl groups excluding tert-OH is 3. The molecule has 3 atom stereocenters. The summed E-state index contributed by atoms with van der Waals surface area (Å²) in [4.78, 5) is 12.6. The van der Waals surface area contributed by atoms with E-state index >= 15 is 0 Å². The lowest BCUT2D eigenvalue weighted by atomic mass is 10.0. The van der Waals surface area contributed by atoms with Gasteiger partial charge in [0.1, 0.15) is 0 Å². The highest BCUT2D eigenvalue weighted by Gasteiger charge is 2.21. The number of carbonyl (C=O) groups is 1. The van der Waals surface area contributed by atoms with E-state index in [0.717, 1.165) is 25.7 Å². The summed E-state index contributed by atoms with van der Waals surface area (Å²) in [6.07, 6.45) is 70.0. The van der Waals surface area contributed by atoms with Crippen LogP contribution in [0.25, 0.3) is 0 Å². The van der Waals surface area contributed by atoms with E-state index in [9.17, 15) is 20.1 Å². The first-order chi connectivity index (χ1) is 32.5. The lowest BCUT2D eigenvalue weighted by Crippen LogP contribution is -2.46. The Morgan fingerprint density at radius 1 is 0.318 bits per heavy atom. The lowest BCUT2D eigenvalue weighted by molar-refractivity contribution is -0.125. The largest absolute Gasteiger partial charge is 0.394 e. The fourth-order valence-electron chi connectivity index (χ4n) is 10.2. The second kappa shape index (κ2) is 56.9. The summed E-state index contributed by atoms with van der Waals surface area (Å²) >= 11 is 0. The van der Waals surface area contributed by atoms with Crippen LogP contribution in [0.1, 0.15) is 361 Å². The van der Waals surface area contributed by atoms with Crippen LogP contribution in [0, 0.1) is 0 Å². The number of aliphatic hydroxyl groups is 3. The molecule has 0 saturated heterocycles. The van der Waals surface area contributed by atoms with Crippen molar-refractivity contribution in [3.05, 3.63) is 0 Å². The van der Waals surface area contributed by atoms with Crippen molar-refractivity contribution in [3.8, 4) is 0 Å². The Balaban J connectivity index is 3.45. The predicted octanol–water partition coefficient (Wildman–Crippen LogP) is 19.3. The number of unbranched alkanes of at least 4 members (excludes halogenated alkanes) is 49. The summed E-state index contributed by atoms with van der Waals surface area (Å²) in [6, 6.07) is -0.655. The van der Waals surface area contributed by atoms with Gasteiger partial charge in [0.15, 0.2) is 0 Å². The molecule has 66 heavy (non-hydrogen) atoms. The van der Waals surface area contributed by atoms with Crippen LogP contribution in [0.2, 0.25) is 0 Å². The van der Waals surface area contributed by atoms with E-state index in [4.69, 9.17) is 0 Å². The summed E-state index contributed by atoms with van der Waals surface area (Å²) in [7, 11) is 0. The SMILES string of the molecule is CCCCCCCCCCCCCCCCCCCCCCCCCCCCCCCC(O)CC(=O)NC(CO)C(O)CCCCCCCCCCCCCCCCCCCCCCCC. The Kier molecular flexibility index (Phi) is 56.4. The maximum Gasteiger partial charge on any atom is 0.222 e. The Bertz CT molecular complexity index is 898. The quantitative estimate of drug-likeness (QED) is 0.0458. The van der Waals surface area contributed by atoms with Gasteiger partial charge in [-0.05, 0) is 12.8 Å². The topological polar surface area (TPSA) is 89.8 Å². The van der Waals surface area contributed by atoms with Crippen molar-refractivity contribution in [1.29, 1.82) is 0 Å². The van der Waals surface area contributed by atoms with Crippen molar-refractivity contribution < 1.29 is 20.1 Å². The van der Waals surface area contributed by atoms with Gasteiger partial charge in [-0.25, -0.2) is 0 Å². The fourth-order valence-corrected chi connectivity index (χ4v) is 10.2. The summed E-state index contributed by atoms with van der Waals surface area (Å²) in [6.45, 7) is 4.32. The second-order valence-electron chi connectivity index (χ2n) is 21.7. The lowest BCUT2D eigenvalue weighted by Gasteiger charge is -2.23. The molecule has 0 bridgehead atoms. The molecule has 1 amide bonds. The number of nitrogens with one attached hydrogen (secondary N) is 1. The van der Waals surface area contributed by atoms with E-state index < -0.39 is 18.2 Å². The van der Waals surface area contributed by atoms with Crippen LogP contribution in [0.4, 0.5) is 0 Å². The summed E-state index contributed by atoms with van der Waals surface area (Å²) in [5, 5.41) is 33.7. The first-order valence-corrected chi connectivity index (χ1v) is 30.8. The maximum atomic E-state index is 12.6. The molecular formula is C61H123NO4. The zero-order valence-corrected chi connectivity index (χ0v) is 45.4. The third kappa shape index (κ3) is 52.7. The standard InChI is InChI=1S/C61H123NO4/c1-3-5-7-9-11-13-15-17-19-21-23-25-27-28-29-30-31-32-33-34-36-38-40-42-44-46-48-50-52-54-58(64)56-61(66)62-59(57-63)60(65)55-53-51-49-47-45-43-41-39-37-35-26-24-22-20-18-16-14-12-10-8-6-4-2/h58-60,63-65H,3-57H2,1-2H3,(H,62,66). The predicted molar refractivity (Wildman–Crippen MR) is 292 cm³/mol. The number of carbonyl (C=O) groups excluding carboxylic acids is 1. The minimum Gasteiger partial charge on any atom is -0.394 e. The van der Waals surface area contributed by atoms with Gasteiger partial charge in [-0.15, -0.1) is 0 Å². The average Bonchev–Trinajstić information content (AvgIpc) is 3.31. The van der Waals surface area contributed by atoms with Crippen LogP contribution in [0.5, 0.6) is 0 Å². The molecule has 0 heterocycles. The molecule has 0 aromatic heterocycles. The number of rotatable bonds is 58. The molecule has 3 unspecified atom stereocenters. The molecule has 0 saturated carbocycles. The van der Waals surface area contributed by atoms with Crippen molar-refractivity contribution >= 4 is 5.91 Å². The zero-order chi connectivity index (χ0) is 47.9. The van der Waals surface area contributed by atoms with Gasteiger partial charge in [0.25, 0.3) is 0 Å². The van der Waals surface area contributed by atoms with Crippen LogP contribution in [-0.4, -0.2) is 46.1 Å². The number of hydrogen-bond donors (Lipinski definition) is 4. The summed E-state index contributed by atoms with van der Waals surface area (Å²) < 4.78 is 0. The van der Waals surface area contributed by atoms with E-state index in [2.05, 4.69) is 19.2 Å². The van der Waals surface area contributed by atoms with E-state index in [1.807, 2.05) is 0 Å². The Hall–Kier alpha value is -0.650. The summed E-state index contributed by atoms with van der Waals surface area (Å²) in [5.74, 6) is -0.273. The Labute approximate surface area is 415 Å². The minimum absolute atomic E-state index is 0.0438. The third-order valence-electron chi connectivity index (χ3n) is 14.9. The maximum absolute atomic E-state index is 12.6. The highest BCUT2D eigenvalue weighted by molar-refractivity contribution is 5.76. The van der Waals surface area contributed by atoms with E-state index in [0.29, 0.717) is 12.8 Å². The van der Waals surface area contributed by atoms with Crippen LogP contribution in [-0.2, 0) is 4.79 Å². The molecule has 0 aromatic carbocycles. The van der Waals surface area contributed by atoms with Gasteiger partial charge in [-0.1, -0.05) is 341 Å². The monoisotopic (exact) mass is 934 g/mol. The number of hydrogen-bond acceptors (Lipinski definition) is 4. The van der Waals surface area contributed by atoms with Crippen LogP contribution in [0.3, 0.4) is 0 Å². The Morgan fingerprint density at radius 3 is 0.727 bits per heavy atom. The van der Waals surface area contributed by atoms with Crippen molar-refractivity contribution in [3.63, 3.8) is 0 Å². The molecule has 0 aliphatic rings. The first-order valence-electron chi connectivity index (χ1n) is 30.8. The smallest absolute Gasteiger partial charge is 0.222 e. The van der Waals surface area contributed by atoms with Crippen LogP contribution >= 0.6 is 0 Å². The highest BCUT2D eigenvalue weighted by Crippen LogP contribution is 2.19. The van der Waals surface area contributed by atoms with Gasteiger partial charge >= 0.3 is 0 Å². The molecule has 0 aromatic rings. The van der Waals surface area contributed by atoms with E-state index in [1.165, 1.54) is 302 Å². The first kappa shape index (κ1) is 65.3. The Morgan fingerprint density at radius 2 is 0.515 bits per heavy atom. The van der Waals surface area contributed by atoms with E-state index in [-0.39, 0.29) is 18.9 Å². The zero-order valence-electron chi connectivity index (χ0n) is 45.4. The molecule has 0 aliphatic heterocycles. The molecule has 4 N–H and O–H groups in total. The molecule has 5 heteroatoms. The van der Waals surface area contributed by atoms with Gasteiger partial charge in [-0.2, -0.15) is 0 Å². The van der Waals surface area contributed by atoms with Crippen molar-refractivity contribution in [1.82, 2.24) is 5.32 Å². The van der Waals surface area contributed by atoms with Gasteiger partial charge in [0.05, 0.1) is 31.3 Å². The molecule has 5 nitrogen and oxygen atoms in total. The highest BCUT2D eigenvalue weighted by atomic mass is 16.3. The normalized spacial score (nSPS) is 13.1. The molecule has 0 fully saturated rings. The molecule has 0 radical (unpaired) electrons. The molecule has 0 spiro atoms. The summed E-state index contributed by atoms with van der Waals surface area (Å²) in [5.41, 5.74) is 0. The van der Waals surface area contributed by atoms with Gasteiger partial charge < -0.3 is 20.6 Å². The van der Waals surface area contributed by atoms with Gasteiger partial charge in [-0.3, -0.25) is 4.79 Å². The number of amides is 1. The van der Waals surface area contributed by atoms with Crippen LogP contribution in [0.15, 0.2) is 0 Å². The van der Waals surface area contributed by atoms with Gasteiger partial charge in [0.2, 0.25) is 5.91 Å². The molecule has 396 valence electrons. The van der Waals surface area contributed by atoms with E-state index in [1.54, 1.807) is 0 Å². The van der Waals surface area contributed by atoms with Crippen molar-refractivity contribution in [2.24, 2.45) is 0 Å².